The molecule has 1 aromatic carbocycles. The third-order valence-electron chi connectivity index (χ3n) is 2.56. The van der Waals surface area contributed by atoms with Crippen LogP contribution < -0.4 is 5.73 Å². The highest BCUT2D eigenvalue weighted by Gasteiger charge is 2.18. The molecule has 1 aromatic heterocycles. The van der Waals surface area contributed by atoms with Crippen LogP contribution in [0.3, 0.4) is 0 Å². The minimum absolute atomic E-state index is 0.0574. The summed E-state index contributed by atoms with van der Waals surface area (Å²) in [6.45, 7) is 7.02. The van der Waals surface area contributed by atoms with Crippen molar-refractivity contribution < 1.29 is 4.42 Å². The van der Waals surface area contributed by atoms with Crippen LogP contribution in [0.2, 0.25) is 0 Å². The standard InChI is InChI=1S/C13H17NO/c1-13(2,3)12-7-10-6-9(8-14)4-5-11(10)15-12/h4-7H,8,14H2,1-3H3. The second-order valence-corrected chi connectivity index (χ2v) is 4.94. The lowest BCUT2D eigenvalue weighted by molar-refractivity contribution is 0.430. The first-order valence-electron chi connectivity index (χ1n) is 5.24. The molecule has 0 aliphatic carbocycles. The van der Waals surface area contributed by atoms with Gasteiger partial charge in [-0.05, 0) is 23.8 Å². The Morgan fingerprint density at radius 3 is 2.53 bits per heavy atom. The van der Waals surface area contributed by atoms with Crippen LogP contribution in [-0.4, -0.2) is 0 Å². The summed E-state index contributed by atoms with van der Waals surface area (Å²) in [5.74, 6) is 1.02. The topological polar surface area (TPSA) is 39.2 Å². The lowest BCUT2D eigenvalue weighted by atomic mass is 9.93. The van der Waals surface area contributed by atoms with E-state index >= 15 is 0 Å². The van der Waals surface area contributed by atoms with Crippen molar-refractivity contribution in [1.82, 2.24) is 0 Å². The van der Waals surface area contributed by atoms with E-state index in [2.05, 4.69) is 32.9 Å². The van der Waals surface area contributed by atoms with E-state index in [9.17, 15) is 0 Å². The number of hydrogen-bond acceptors (Lipinski definition) is 2. The molecule has 0 unspecified atom stereocenters. The molecular weight excluding hydrogens is 186 g/mol. The van der Waals surface area contributed by atoms with E-state index in [0.29, 0.717) is 6.54 Å². The first kappa shape index (κ1) is 10.2. The van der Waals surface area contributed by atoms with Gasteiger partial charge in [-0.3, -0.25) is 0 Å². The molecule has 1 heterocycles. The summed E-state index contributed by atoms with van der Waals surface area (Å²) < 4.78 is 5.79. The Kier molecular flexibility index (Phi) is 2.31. The molecule has 0 fully saturated rings. The third kappa shape index (κ3) is 1.90. The monoisotopic (exact) mass is 203 g/mol. The molecule has 0 bridgehead atoms. The number of rotatable bonds is 1. The predicted octanol–water partition coefficient (Wildman–Crippen LogP) is 3.19. The van der Waals surface area contributed by atoms with Gasteiger partial charge in [-0.25, -0.2) is 0 Å². The van der Waals surface area contributed by atoms with Crippen molar-refractivity contribution in [2.24, 2.45) is 5.73 Å². The van der Waals surface area contributed by atoms with Crippen molar-refractivity contribution >= 4 is 11.0 Å². The molecule has 0 amide bonds. The van der Waals surface area contributed by atoms with E-state index in [1.165, 1.54) is 0 Å². The smallest absolute Gasteiger partial charge is 0.134 e. The Hall–Kier alpha value is -1.28. The van der Waals surface area contributed by atoms with Crippen LogP contribution in [0.4, 0.5) is 0 Å². The summed E-state index contributed by atoms with van der Waals surface area (Å²) in [5, 5.41) is 1.14. The molecular formula is C13H17NO. The van der Waals surface area contributed by atoms with Crippen LogP contribution in [0.25, 0.3) is 11.0 Å². The summed E-state index contributed by atoms with van der Waals surface area (Å²) in [4.78, 5) is 0. The normalized spacial score (nSPS) is 12.3. The van der Waals surface area contributed by atoms with Gasteiger partial charge in [0, 0.05) is 17.3 Å². The number of benzene rings is 1. The molecule has 2 rings (SSSR count). The van der Waals surface area contributed by atoms with Crippen LogP contribution in [-0.2, 0) is 12.0 Å². The van der Waals surface area contributed by atoms with E-state index in [4.69, 9.17) is 10.2 Å². The van der Waals surface area contributed by atoms with Gasteiger partial charge in [0.05, 0.1) is 0 Å². The lowest BCUT2D eigenvalue weighted by Crippen LogP contribution is -2.08. The summed E-state index contributed by atoms with van der Waals surface area (Å²) in [6, 6.07) is 8.20. The molecule has 2 aromatic rings. The van der Waals surface area contributed by atoms with Crippen LogP contribution >= 0.6 is 0 Å². The fourth-order valence-corrected chi connectivity index (χ4v) is 1.59. The molecule has 0 spiro atoms. The van der Waals surface area contributed by atoms with Gasteiger partial charge in [0.2, 0.25) is 0 Å². The minimum atomic E-state index is 0.0574. The van der Waals surface area contributed by atoms with Crippen LogP contribution in [0, 0.1) is 0 Å². The molecule has 15 heavy (non-hydrogen) atoms. The maximum absolute atomic E-state index is 5.79. The van der Waals surface area contributed by atoms with Crippen LogP contribution in [0.5, 0.6) is 0 Å². The first-order valence-corrected chi connectivity index (χ1v) is 5.24. The minimum Gasteiger partial charge on any atom is -0.461 e. The Balaban J connectivity index is 2.56. The Morgan fingerprint density at radius 2 is 1.93 bits per heavy atom. The second kappa shape index (κ2) is 3.38. The van der Waals surface area contributed by atoms with Crippen molar-refractivity contribution in [2.45, 2.75) is 32.7 Å². The number of nitrogens with two attached hydrogens (primary N) is 1. The zero-order valence-electron chi connectivity index (χ0n) is 9.50. The molecule has 0 saturated heterocycles. The van der Waals surface area contributed by atoms with E-state index in [-0.39, 0.29) is 5.41 Å². The molecule has 2 N–H and O–H groups in total. The largest absolute Gasteiger partial charge is 0.461 e. The zero-order chi connectivity index (χ0) is 11.1. The molecule has 2 nitrogen and oxygen atoms in total. The average Bonchev–Trinajstić information content (AvgIpc) is 2.59. The molecule has 2 heteroatoms. The van der Waals surface area contributed by atoms with Crippen LogP contribution in [0.15, 0.2) is 28.7 Å². The maximum atomic E-state index is 5.79. The summed E-state index contributed by atoms with van der Waals surface area (Å²) in [6.07, 6.45) is 0. The van der Waals surface area contributed by atoms with Gasteiger partial charge in [-0.1, -0.05) is 26.8 Å². The first-order chi connectivity index (χ1) is 7.00. The third-order valence-corrected chi connectivity index (χ3v) is 2.56. The van der Waals surface area contributed by atoms with Crippen molar-refractivity contribution in [3.63, 3.8) is 0 Å². The zero-order valence-corrected chi connectivity index (χ0v) is 9.50. The number of hydrogen-bond donors (Lipinski definition) is 1. The van der Waals surface area contributed by atoms with Gasteiger partial charge in [-0.2, -0.15) is 0 Å². The Labute approximate surface area is 90.1 Å². The fourth-order valence-electron chi connectivity index (χ4n) is 1.59. The lowest BCUT2D eigenvalue weighted by Gasteiger charge is -2.13. The number of fused-ring (bicyclic) bond motifs is 1. The SMILES string of the molecule is CC(C)(C)c1cc2cc(CN)ccc2o1. The maximum Gasteiger partial charge on any atom is 0.134 e. The molecule has 0 aliphatic rings. The quantitative estimate of drug-likeness (QED) is 0.773. The molecule has 0 aliphatic heterocycles. The summed E-state index contributed by atoms with van der Waals surface area (Å²) >= 11 is 0. The van der Waals surface area contributed by atoms with Crippen LogP contribution in [0.1, 0.15) is 32.1 Å². The van der Waals surface area contributed by atoms with E-state index in [0.717, 1.165) is 22.3 Å². The average molecular weight is 203 g/mol. The van der Waals surface area contributed by atoms with Gasteiger partial charge < -0.3 is 10.2 Å². The van der Waals surface area contributed by atoms with E-state index in [1.807, 2.05) is 12.1 Å². The molecule has 0 saturated carbocycles. The molecule has 0 atom stereocenters. The summed E-state index contributed by atoms with van der Waals surface area (Å²) in [7, 11) is 0. The van der Waals surface area contributed by atoms with E-state index in [1.54, 1.807) is 0 Å². The fraction of sp³-hybridized carbons (Fsp3) is 0.385. The summed E-state index contributed by atoms with van der Waals surface area (Å²) in [5.41, 5.74) is 7.74. The predicted molar refractivity (Wildman–Crippen MR) is 62.8 cm³/mol. The van der Waals surface area contributed by atoms with Crippen molar-refractivity contribution in [3.05, 3.63) is 35.6 Å². The van der Waals surface area contributed by atoms with Gasteiger partial charge in [0.1, 0.15) is 11.3 Å². The van der Waals surface area contributed by atoms with E-state index < -0.39 is 0 Å². The highest BCUT2D eigenvalue weighted by Crippen LogP contribution is 2.29. The van der Waals surface area contributed by atoms with Crippen molar-refractivity contribution in [1.29, 1.82) is 0 Å². The van der Waals surface area contributed by atoms with Gasteiger partial charge in [0.15, 0.2) is 0 Å². The van der Waals surface area contributed by atoms with Gasteiger partial charge >= 0.3 is 0 Å². The van der Waals surface area contributed by atoms with Crippen molar-refractivity contribution in [2.75, 3.05) is 0 Å². The van der Waals surface area contributed by atoms with Gasteiger partial charge in [0.25, 0.3) is 0 Å². The van der Waals surface area contributed by atoms with Gasteiger partial charge in [-0.15, -0.1) is 0 Å². The van der Waals surface area contributed by atoms with Crippen molar-refractivity contribution in [3.8, 4) is 0 Å². The highest BCUT2D eigenvalue weighted by molar-refractivity contribution is 5.79. The Morgan fingerprint density at radius 1 is 1.20 bits per heavy atom. The second-order valence-electron chi connectivity index (χ2n) is 4.94. The molecule has 80 valence electrons. The Bertz CT molecular complexity index is 477. The molecule has 0 radical (unpaired) electrons. The highest BCUT2D eigenvalue weighted by atomic mass is 16.3. The number of furan rings is 1.